The highest BCUT2D eigenvalue weighted by Gasteiger charge is 2.19. The van der Waals surface area contributed by atoms with E-state index in [1.165, 1.54) is 0 Å². The molecule has 1 atom stereocenters. The van der Waals surface area contributed by atoms with E-state index in [1.54, 1.807) is 12.4 Å². The number of hydrogen-bond donors (Lipinski definition) is 2. The first kappa shape index (κ1) is 21.5. The highest BCUT2D eigenvalue weighted by atomic mass is 16.2. The number of nitrogens with one attached hydrogen (secondary N) is 2. The van der Waals surface area contributed by atoms with Crippen molar-refractivity contribution in [2.45, 2.75) is 18.9 Å². The van der Waals surface area contributed by atoms with E-state index in [9.17, 15) is 4.79 Å². The molecule has 1 amide bonds. The Hall–Kier alpha value is -3.25. The number of anilines is 1. The fourth-order valence-corrected chi connectivity index (χ4v) is 3.21. The normalized spacial score (nSPS) is 11.7. The van der Waals surface area contributed by atoms with E-state index < -0.39 is 6.04 Å². The molecule has 0 saturated heterocycles. The number of nitrogens with zero attached hydrogens (tertiary/aromatic N) is 3. The van der Waals surface area contributed by atoms with Gasteiger partial charge in [-0.1, -0.05) is 24.3 Å². The Morgan fingerprint density at radius 3 is 2.03 bits per heavy atom. The van der Waals surface area contributed by atoms with Gasteiger partial charge in [-0.15, -0.1) is 0 Å². The number of aromatic nitrogens is 2. The van der Waals surface area contributed by atoms with Crippen LogP contribution < -0.4 is 15.5 Å². The molecule has 1 unspecified atom stereocenters. The fraction of sp³-hybridized carbons (Fsp3) is 0.292. The zero-order chi connectivity index (χ0) is 21.2. The van der Waals surface area contributed by atoms with Gasteiger partial charge in [0.05, 0.1) is 0 Å². The van der Waals surface area contributed by atoms with Gasteiger partial charge >= 0.3 is 0 Å². The fourth-order valence-electron chi connectivity index (χ4n) is 3.21. The summed E-state index contributed by atoms with van der Waals surface area (Å²) in [6.07, 6.45) is 8.76. The minimum atomic E-state index is -0.410. The lowest BCUT2D eigenvalue weighted by Crippen LogP contribution is -2.39. The second kappa shape index (κ2) is 11.1. The molecule has 0 spiro atoms. The number of benzene rings is 1. The molecule has 0 saturated carbocycles. The molecular formula is C24H29N5O. The lowest BCUT2D eigenvalue weighted by molar-refractivity contribution is -0.123. The second-order valence-corrected chi connectivity index (χ2v) is 7.39. The van der Waals surface area contributed by atoms with Crippen molar-refractivity contribution in [1.82, 2.24) is 20.6 Å². The van der Waals surface area contributed by atoms with Gasteiger partial charge in [0.15, 0.2) is 0 Å². The van der Waals surface area contributed by atoms with Gasteiger partial charge in [0.2, 0.25) is 5.91 Å². The predicted molar refractivity (Wildman–Crippen MR) is 120 cm³/mol. The van der Waals surface area contributed by atoms with E-state index in [1.807, 2.05) is 79.9 Å². The molecule has 1 aromatic carbocycles. The third-order valence-corrected chi connectivity index (χ3v) is 4.93. The predicted octanol–water partition coefficient (Wildman–Crippen LogP) is 2.77. The van der Waals surface area contributed by atoms with Crippen LogP contribution in [-0.4, -0.2) is 43.1 Å². The Kier molecular flexibility index (Phi) is 7.92. The van der Waals surface area contributed by atoms with Crippen molar-refractivity contribution >= 4 is 11.6 Å². The molecule has 0 aliphatic carbocycles. The van der Waals surface area contributed by atoms with Gasteiger partial charge in [-0.25, -0.2) is 0 Å². The zero-order valence-corrected chi connectivity index (χ0v) is 17.6. The summed E-state index contributed by atoms with van der Waals surface area (Å²) in [5.41, 5.74) is 4.30. The molecule has 0 fully saturated rings. The molecule has 156 valence electrons. The summed E-state index contributed by atoms with van der Waals surface area (Å²) < 4.78 is 0. The molecule has 2 N–H and O–H groups in total. The van der Waals surface area contributed by atoms with Gasteiger partial charge in [-0.2, -0.15) is 0 Å². The van der Waals surface area contributed by atoms with Gasteiger partial charge < -0.3 is 15.5 Å². The van der Waals surface area contributed by atoms with Crippen LogP contribution >= 0.6 is 0 Å². The molecule has 6 nitrogen and oxygen atoms in total. The maximum atomic E-state index is 13.0. The average Bonchev–Trinajstić information content (AvgIpc) is 2.78. The molecule has 0 bridgehead atoms. The summed E-state index contributed by atoms with van der Waals surface area (Å²) >= 11 is 0. The number of pyridine rings is 2. The van der Waals surface area contributed by atoms with Crippen LogP contribution in [0.25, 0.3) is 0 Å². The summed E-state index contributed by atoms with van der Waals surface area (Å²) in [7, 11) is 4.01. The van der Waals surface area contributed by atoms with Crippen molar-refractivity contribution in [3.63, 3.8) is 0 Å². The van der Waals surface area contributed by atoms with Crippen LogP contribution in [0.2, 0.25) is 0 Å². The van der Waals surface area contributed by atoms with Crippen molar-refractivity contribution < 1.29 is 4.79 Å². The number of carbonyl (C=O) groups excluding carboxylic acids is 1. The number of rotatable bonds is 10. The minimum Gasteiger partial charge on any atom is -0.378 e. The smallest absolute Gasteiger partial charge is 0.241 e. The SMILES string of the molecule is CN(C)c1ccc(C(NCCc2cccnc2)C(=O)NCCc2cccnc2)cc1. The van der Waals surface area contributed by atoms with E-state index in [-0.39, 0.29) is 5.91 Å². The van der Waals surface area contributed by atoms with Crippen molar-refractivity contribution in [2.24, 2.45) is 0 Å². The maximum absolute atomic E-state index is 13.0. The molecule has 0 aliphatic rings. The largest absolute Gasteiger partial charge is 0.378 e. The summed E-state index contributed by atoms with van der Waals surface area (Å²) in [5, 5.41) is 6.48. The van der Waals surface area contributed by atoms with E-state index in [0.717, 1.165) is 35.2 Å². The maximum Gasteiger partial charge on any atom is 0.241 e. The third kappa shape index (κ3) is 6.39. The van der Waals surface area contributed by atoms with Crippen molar-refractivity contribution in [3.05, 3.63) is 90.0 Å². The lowest BCUT2D eigenvalue weighted by Gasteiger charge is -2.20. The van der Waals surface area contributed by atoms with Crippen LogP contribution in [0.1, 0.15) is 22.7 Å². The Balaban J connectivity index is 1.63. The molecular weight excluding hydrogens is 374 g/mol. The monoisotopic (exact) mass is 403 g/mol. The standard InChI is InChI=1S/C24H29N5O/c1-29(2)22-9-7-21(8-10-22)23(27-15-11-19-5-3-13-25-17-19)24(30)28-16-12-20-6-4-14-26-18-20/h3-10,13-14,17-18,23,27H,11-12,15-16H2,1-2H3,(H,28,30). The van der Waals surface area contributed by atoms with Crippen molar-refractivity contribution in [3.8, 4) is 0 Å². The molecule has 3 rings (SSSR count). The van der Waals surface area contributed by atoms with Gasteiger partial charge in [0.1, 0.15) is 6.04 Å². The first-order valence-electron chi connectivity index (χ1n) is 10.2. The van der Waals surface area contributed by atoms with Gasteiger partial charge in [-0.05, 0) is 53.8 Å². The van der Waals surface area contributed by atoms with E-state index >= 15 is 0 Å². The van der Waals surface area contributed by atoms with Gasteiger partial charge in [-0.3, -0.25) is 14.8 Å². The van der Waals surface area contributed by atoms with Crippen LogP contribution in [0.4, 0.5) is 5.69 Å². The number of carbonyl (C=O) groups is 1. The highest BCUT2D eigenvalue weighted by Crippen LogP contribution is 2.18. The molecule has 3 aromatic rings. The molecule has 2 aromatic heterocycles. The quantitative estimate of drug-likeness (QED) is 0.545. The highest BCUT2D eigenvalue weighted by molar-refractivity contribution is 5.83. The first-order valence-corrected chi connectivity index (χ1v) is 10.2. The van der Waals surface area contributed by atoms with Crippen molar-refractivity contribution in [2.75, 3.05) is 32.1 Å². The average molecular weight is 404 g/mol. The van der Waals surface area contributed by atoms with Crippen LogP contribution in [0.5, 0.6) is 0 Å². The Bertz CT molecular complexity index is 898. The summed E-state index contributed by atoms with van der Waals surface area (Å²) in [6.45, 7) is 1.25. The lowest BCUT2D eigenvalue weighted by atomic mass is 10.0. The minimum absolute atomic E-state index is 0.0253. The Labute approximate surface area is 178 Å². The zero-order valence-electron chi connectivity index (χ0n) is 17.6. The first-order chi connectivity index (χ1) is 14.6. The van der Waals surface area contributed by atoms with Crippen molar-refractivity contribution in [1.29, 1.82) is 0 Å². The molecule has 2 heterocycles. The van der Waals surface area contributed by atoms with Crippen LogP contribution in [-0.2, 0) is 17.6 Å². The molecule has 30 heavy (non-hydrogen) atoms. The summed E-state index contributed by atoms with van der Waals surface area (Å²) in [6, 6.07) is 15.6. The van der Waals surface area contributed by atoms with Gasteiger partial charge in [0.25, 0.3) is 0 Å². The number of hydrogen-bond acceptors (Lipinski definition) is 5. The Morgan fingerprint density at radius 2 is 1.50 bits per heavy atom. The topological polar surface area (TPSA) is 70.2 Å². The second-order valence-electron chi connectivity index (χ2n) is 7.39. The van der Waals surface area contributed by atoms with Crippen LogP contribution in [0.3, 0.4) is 0 Å². The summed E-state index contributed by atoms with van der Waals surface area (Å²) in [5.74, 6) is -0.0253. The van der Waals surface area contributed by atoms with E-state index in [2.05, 4.69) is 20.6 Å². The third-order valence-electron chi connectivity index (χ3n) is 4.93. The molecule has 6 heteroatoms. The van der Waals surface area contributed by atoms with Crippen LogP contribution in [0.15, 0.2) is 73.3 Å². The molecule has 0 aliphatic heterocycles. The van der Waals surface area contributed by atoms with E-state index in [0.29, 0.717) is 13.1 Å². The van der Waals surface area contributed by atoms with Crippen LogP contribution in [0, 0.1) is 0 Å². The number of amides is 1. The molecule has 0 radical (unpaired) electrons. The summed E-state index contributed by atoms with van der Waals surface area (Å²) in [4.78, 5) is 23.3. The van der Waals surface area contributed by atoms with Gasteiger partial charge in [0, 0.05) is 57.7 Å². The van der Waals surface area contributed by atoms with E-state index in [4.69, 9.17) is 0 Å². The Morgan fingerprint density at radius 1 is 0.900 bits per heavy atom.